The smallest absolute Gasteiger partial charge is 0.289 e. The van der Waals surface area contributed by atoms with Gasteiger partial charge in [-0.05, 0) is 54.1 Å². The van der Waals surface area contributed by atoms with Crippen molar-refractivity contribution in [2.75, 3.05) is 0 Å². The molecular formula is C17H12Cl2N4O2. The Balaban J connectivity index is 1.69. The monoisotopic (exact) mass is 374 g/mol. The quantitative estimate of drug-likeness (QED) is 0.478. The second kappa shape index (κ2) is 7.38. The van der Waals surface area contributed by atoms with Gasteiger partial charge in [0.15, 0.2) is 0 Å². The number of phenolic OH excluding ortho intramolecular Hbond substituents is 1. The van der Waals surface area contributed by atoms with E-state index in [9.17, 15) is 9.90 Å². The third-order valence-corrected chi connectivity index (χ3v) is 3.69. The highest BCUT2D eigenvalue weighted by Gasteiger charge is 2.11. The molecule has 126 valence electrons. The van der Waals surface area contributed by atoms with Crippen LogP contribution in [0.25, 0.3) is 11.3 Å². The second-order valence-electron chi connectivity index (χ2n) is 5.12. The zero-order valence-corrected chi connectivity index (χ0v) is 14.2. The largest absolute Gasteiger partial charge is 0.508 e. The SMILES string of the molecule is O=C(N/N=C\c1ccc(O)cc1)c1cc(-c2cc(Cl)cc(Cl)c2)n[nH]1. The van der Waals surface area contributed by atoms with Crippen LogP contribution in [0.4, 0.5) is 0 Å². The number of nitrogens with one attached hydrogen (secondary N) is 2. The number of aromatic hydroxyl groups is 1. The van der Waals surface area contributed by atoms with E-state index in [1.807, 2.05) is 0 Å². The molecule has 3 N–H and O–H groups in total. The van der Waals surface area contributed by atoms with Crippen molar-refractivity contribution in [3.05, 3.63) is 69.8 Å². The summed E-state index contributed by atoms with van der Waals surface area (Å²) in [6.07, 6.45) is 1.46. The summed E-state index contributed by atoms with van der Waals surface area (Å²) < 4.78 is 0. The minimum atomic E-state index is -0.443. The number of hydrazone groups is 1. The number of aromatic nitrogens is 2. The third-order valence-electron chi connectivity index (χ3n) is 3.25. The van der Waals surface area contributed by atoms with Gasteiger partial charge in [0.1, 0.15) is 11.4 Å². The molecule has 3 aromatic rings. The van der Waals surface area contributed by atoms with E-state index in [0.717, 1.165) is 5.56 Å². The first-order chi connectivity index (χ1) is 12.0. The number of phenols is 1. The molecule has 0 atom stereocenters. The minimum Gasteiger partial charge on any atom is -0.508 e. The maximum Gasteiger partial charge on any atom is 0.289 e. The van der Waals surface area contributed by atoms with Crippen molar-refractivity contribution in [2.45, 2.75) is 0 Å². The van der Waals surface area contributed by atoms with Crippen molar-refractivity contribution < 1.29 is 9.90 Å². The molecule has 0 aliphatic rings. The maximum absolute atomic E-state index is 12.1. The summed E-state index contributed by atoms with van der Waals surface area (Å²) in [4.78, 5) is 12.1. The first-order valence-corrected chi connectivity index (χ1v) is 7.91. The van der Waals surface area contributed by atoms with Gasteiger partial charge >= 0.3 is 0 Å². The Morgan fingerprint density at radius 1 is 1.12 bits per heavy atom. The molecule has 2 aromatic carbocycles. The fraction of sp³-hybridized carbons (Fsp3) is 0. The number of H-pyrrole nitrogens is 1. The number of halogens is 2. The Kier molecular flexibility index (Phi) is 5.02. The molecule has 1 aromatic heterocycles. The van der Waals surface area contributed by atoms with Gasteiger partial charge in [-0.25, -0.2) is 5.43 Å². The molecule has 0 bridgehead atoms. The Bertz CT molecular complexity index is 916. The summed E-state index contributed by atoms with van der Waals surface area (Å²) in [6.45, 7) is 0. The van der Waals surface area contributed by atoms with Gasteiger partial charge in [-0.1, -0.05) is 23.2 Å². The van der Waals surface area contributed by atoms with Gasteiger partial charge in [0.2, 0.25) is 0 Å². The highest BCUT2D eigenvalue weighted by molar-refractivity contribution is 6.35. The van der Waals surface area contributed by atoms with Crippen LogP contribution in [0.1, 0.15) is 16.1 Å². The molecule has 8 heteroatoms. The molecule has 0 fully saturated rings. The number of rotatable bonds is 4. The van der Waals surface area contributed by atoms with Crippen LogP contribution in [0, 0.1) is 0 Å². The highest BCUT2D eigenvalue weighted by atomic mass is 35.5. The third kappa shape index (κ3) is 4.37. The molecule has 0 saturated heterocycles. The number of benzene rings is 2. The van der Waals surface area contributed by atoms with E-state index in [2.05, 4.69) is 20.7 Å². The van der Waals surface area contributed by atoms with E-state index in [0.29, 0.717) is 21.3 Å². The van der Waals surface area contributed by atoms with Gasteiger partial charge < -0.3 is 5.11 Å². The van der Waals surface area contributed by atoms with Gasteiger partial charge in [0.05, 0.1) is 11.9 Å². The lowest BCUT2D eigenvalue weighted by atomic mass is 10.1. The van der Waals surface area contributed by atoms with E-state index in [1.165, 1.54) is 18.3 Å². The average Bonchev–Trinajstić information content (AvgIpc) is 3.06. The van der Waals surface area contributed by atoms with Crippen LogP contribution in [-0.2, 0) is 0 Å². The van der Waals surface area contributed by atoms with Crippen LogP contribution in [0.2, 0.25) is 10.0 Å². The predicted octanol–water partition coefficient (Wildman–Crippen LogP) is 3.85. The number of aromatic amines is 1. The Labute approximate surface area is 153 Å². The zero-order chi connectivity index (χ0) is 17.8. The zero-order valence-electron chi connectivity index (χ0n) is 12.7. The lowest BCUT2D eigenvalue weighted by molar-refractivity contribution is 0.0950. The fourth-order valence-electron chi connectivity index (χ4n) is 2.07. The summed E-state index contributed by atoms with van der Waals surface area (Å²) in [7, 11) is 0. The fourth-order valence-corrected chi connectivity index (χ4v) is 2.60. The highest BCUT2D eigenvalue weighted by Crippen LogP contribution is 2.26. The molecule has 1 amide bonds. The number of carbonyl (C=O) groups excluding carboxylic acids is 1. The molecule has 0 unspecified atom stereocenters. The standard InChI is InChI=1S/C17H12Cl2N4O2/c18-12-5-11(6-13(19)7-12)15-8-16(22-21-15)17(25)23-20-9-10-1-3-14(24)4-2-10/h1-9,24H,(H,21,22)(H,23,25)/b20-9-. The Morgan fingerprint density at radius 3 is 2.48 bits per heavy atom. The van der Waals surface area contributed by atoms with Crippen molar-refractivity contribution >= 4 is 35.3 Å². The molecule has 0 aliphatic heterocycles. The number of nitrogens with zero attached hydrogens (tertiary/aromatic N) is 2. The van der Waals surface area contributed by atoms with Crippen LogP contribution >= 0.6 is 23.2 Å². The van der Waals surface area contributed by atoms with Crippen LogP contribution in [-0.4, -0.2) is 27.4 Å². The van der Waals surface area contributed by atoms with Gasteiger partial charge in [-0.15, -0.1) is 0 Å². The molecule has 0 aliphatic carbocycles. The maximum atomic E-state index is 12.1. The number of carbonyl (C=O) groups is 1. The van der Waals surface area contributed by atoms with Crippen molar-refractivity contribution in [1.29, 1.82) is 0 Å². The first-order valence-electron chi connectivity index (χ1n) is 7.15. The van der Waals surface area contributed by atoms with E-state index in [4.69, 9.17) is 23.2 Å². The topological polar surface area (TPSA) is 90.4 Å². The second-order valence-corrected chi connectivity index (χ2v) is 5.99. The van der Waals surface area contributed by atoms with Gasteiger partial charge in [-0.3, -0.25) is 9.89 Å². The summed E-state index contributed by atoms with van der Waals surface area (Å²) in [6, 6.07) is 13.0. The molecule has 3 rings (SSSR count). The van der Waals surface area contributed by atoms with E-state index < -0.39 is 5.91 Å². The van der Waals surface area contributed by atoms with Gasteiger partial charge in [-0.2, -0.15) is 10.2 Å². The van der Waals surface area contributed by atoms with Crippen LogP contribution in [0.3, 0.4) is 0 Å². The molecule has 25 heavy (non-hydrogen) atoms. The summed E-state index contributed by atoms with van der Waals surface area (Å²) in [5, 5.41) is 20.8. The molecule has 0 saturated carbocycles. The Morgan fingerprint density at radius 2 is 1.80 bits per heavy atom. The van der Waals surface area contributed by atoms with Gasteiger partial charge in [0, 0.05) is 15.6 Å². The number of hydrogen-bond acceptors (Lipinski definition) is 4. The van der Waals surface area contributed by atoms with Crippen molar-refractivity contribution in [3.63, 3.8) is 0 Å². The number of amides is 1. The van der Waals surface area contributed by atoms with E-state index >= 15 is 0 Å². The van der Waals surface area contributed by atoms with Crippen LogP contribution in [0.5, 0.6) is 5.75 Å². The van der Waals surface area contributed by atoms with Crippen LogP contribution in [0.15, 0.2) is 53.6 Å². The Hall–Kier alpha value is -2.83. The number of hydrogen-bond donors (Lipinski definition) is 3. The van der Waals surface area contributed by atoms with Crippen molar-refractivity contribution in [1.82, 2.24) is 15.6 Å². The lowest BCUT2D eigenvalue weighted by Crippen LogP contribution is -2.17. The summed E-state index contributed by atoms with van der Waals surface area (Å²) >= 11 is 11.9. The van der Waals surface area contributed by atoms with Crippen molar-refractivity contribution in [3.8, 4) is 17.0 Å². The molecule has 1 heterocycles. The van der Waals surface area contributed by atoms with Gasteiger partial charge in [0.25, 0.3) is 5.91 Å². The average molecular weight is 375 g/mol. The summed E-state index contributed by atoms with van der Waals surface area (Å²) in [5.74, 6) is -0.283. The predicted molar refractivity (Wildman–Crippen MR) is 97.2 cm³/mol. The lowest BCUT2D eigenvalue weighted by Gasteiger charge is -1.98. The first kappa shape index (κ1) is 17.0. The van der Waals surface area contributed by atoms with E-state index in [1.54, 1.807) is 36.4 Å². The summed E-state index contributed by atoms with van der Waals surface area (Å²) in [5.41, 5.74) is 4.61. The molecule has 0 radical (unpaired) electrons. The minimum absolute atomic E-state index is 0.160. The van der Waals surface area contributed by atoms with Crippen LogP contribution < -0.4 is 5.43 Å². The molecule has 6 nitrogen and oxygen atoms in total. The van der Waals surface area contributed by atoms with Crippen molar-refractivity contribution in [2.24, 2.45) is 5.10 Å². The van der Waals surface area contributed by atoms with E-state index in [-0.39, 0.29) is 11.4 Å². The molecule has 0 spiro atoms. The normalized spacial score (nSPS) is 11.0. The molecular weight excluding hydrogens is 363 g/mol.